The molecule has 0 saturated heterocycles. The van der Waals surface area contributed by atoms with Gasteiger partial charge in [0.05, 0.1) is 0 Å². The first kappa shape index (κ1) is 8.80. The van der Waals surface area contributed by atoms with Crippen molar-refractivity contribution in [3.05, 3.63) is 34.9 Å². The monoisotopic (exact) mass is 174 g/mol. The van der Waals surface area contributed by atoms with Crippen molar-refractivity contribution in [3.8, 4) is 0 Å². The lowest BCUT2D eigenvalue weighted by molar-refractivity contribution is 0.684. The van der Waals surface area contributed by atoms with E-state index >= 15 is 0 Å². The summed E-state index contributed by atoms with van der Waals surface area (Å²) in [6, 6.07) is 0. The Labute approximate surface area is 81.0 Å². The third-order valence-electron chi connectivity index (χ3n) is 3.10. The SMILES string of the molecule is CC(C)C1=C2CC=CCC2=CCC1. The molecule has 0 amide bonds. The fraction of sp³-hybridized carbons (Fsp3) is 0.538. The van der Waals surface area contributed by atoms with E-state index < -0.39 is 0 Å². The van der Waals surface area contributed by atoms with E-state index in [4.69, 9.17) is 0 Å². The summed E-state index contributed by atoms with van der Waals surface area (Å²) < 4.78 is 0. The summed E-state index contributed by atoms with van der Waals surface area (Å²) in [6.45, 7) is 4.65. The van der Waals surface area contributed by atoms with Crippen molar-refractivity contribution < 1.29 is 0 Å². The standard InChI is InChI=1S/C13H18/c1-10(2)12-9-5-7-11-6-3-4-8-13(11)12/h3-4,7,10H,5-6,8-9H2,1-2H3. The third-order valence-corrected chi connectivity index (χ3v) is 3.10. The van der Waals surface area contributed by atoms with Gasteiger partial charge in [0.25, 0.3) is 0 Å². The quantitative estimate of drug-likeness (QED) is 0.527. The number of rotatable bonds is 1. The van der Waals surface area contributed by atoms with Crippen LogP contribution >= 0.6 is 0 Å². The van der Waals surface area contributed by atoms with Crippen molar-refractivity contribution in [1.82, 2.24) is 0 Å². The largest absolute Gasteiger partial charge is 0.0838 e. The van der Waals surface area contributed by atoms with Gasteiger partial charge in [-0.15, -0.1) is 0 Å². The molecule has 0 aromatic heterocycles. The Kier molecular flexibility index (Phi) is 2.39. The first-order valence-electron chi connectivity index (χ1n) is 5.35. The van der Waals surface area contributed by atoms with E-state index in [9.17, 15) is 0 Å². The topological polar surface area (TPSA) is 0 Å². The Morgan fingerprint density at radius 1 is 1.15 bits per heavy atom. The highest BCUT2D eigenvalue weighted by atomic mass is 14.2. The van der Waals surface area contributed by atoms with Crippen LogP contribution in [0.25, 0.3) is 0 Å². The zero-order valence-electron chi connectivity index (χ0n) is 8.64. The van der Waals surface area contributed by atoms with Crippen molar-refractivity contribution in [2.75, 3.05) is 0 Å². The Morgan fingerprint density at radius 3 is 2.69 bits per heavy atom. The van der Waals surface area contributed by atoms with Crippen LogP contribution < -0.4 is 0 Å². The molecule has 2 aliphatic rings. The lowest BCUT2D eigenvalue weighted by atomic mass is 9.80. The molecule has 2 rings (SSSR count). The maximum atomic E-state index is 2.44. The van der Waals surface area contributed by atoms with Gasteiger partial charge < -0.3 is 0 Å². The Hall–Kier alpha value is -0.780. The Balaban J connectivity index is 2.37. The molecule has 0 atom stereocenters. The molecule has 2 aliphatic carbocycles. The van der Waals surface area contributed by atoms with Crippen molar-refractivity contribution in [2.45, 2.75) is 39.5 Å². The normalized spacial score (nSPS) is 21.9. The molecule has 0 unspecified atom stereocenters. The smallest absolute Gasteiger partial charge is 0.00949 e. The fourth-order valence-electron chi connectivity index (χ4n) is 2.40. The minimum Gasteiger partial charge on any atom is -0.0838 e. The molecule has 0 saturated carbocycles. The number of hydrogen-bond donors (Lipinski definition) is 0. The van der Waals surface area contributed by atoms with E-state index in [2.05, 4.69) is 32.1 Å². The van der Waals surface area contributed by atoms with Crippen molar-refractivity contribution >= 4 is 0 Å². The highest BCUT2D eigenvalue weighted by Crippen LogP contribution is 2.36. The molecule has 0 fully saturated rings. The van der Waals surface area contributed by atoms with Gasteiger partial charge in [-0.3, -0.25) is 0 Å². The number of hydrogen-bond acceptors (Lipinski definition) is 0. The predicted octanol–water partition coefficient (Wildman–Crippen LogP) is 4.01. The maximum Gasteiger partial charge on any atom is -0.00949 e. The van der Waals surface area contributed by atoms with Crippen LogP contribution in [0.2, 0.25) is 0 Å². The molecule has 0 aliphatic heterocycles. The molecule has 0 bridgehead atoms. The second kappa shape index (κ2) is 3.53. The van der Waals surface area contributed by atoms with Gasteiger partial charge in [-0.1, -0.05) is 37.6 Å². The summed E-state index contributed by atoms with van der Waals surface area (Å²) in [6.07, 6.45) is 12.0. The van der Waals surface area contributed by atoms with E-state index in [1.54, 1.807) is 16.7 Å². The second-order valence-corrected chi connectivity index (χ2v) is 4.31. The van der Waals surface area contributed by atoms with Crippen LogP contribution in [-0.4, -0.2) is 0 Å². The highest BCUT2D eigenvalue weighted by molar-refractivity contribution is 5.43. The molecule has 0 nitrogen and oxygen atoms in total. The van der Waals surface area contributed by atoms with Crippen molar-refractivity contribution in [2.24, 2.45) is 5.92 Å². The van der Waals surface area contributed by atoms with Crippen LogP contribution in [-0.2, 0) is 0 Å². The third kappa shape index (κ3) is 1.63. The van der Waals surface area contributed by atoms with Crippen molar-refractivity contribution in [3.63, 3.8) is 0 Å². The lowest BCUT2D eigenvalue weighted by Crippen LogP contribution is -2.07. The van der Waals surface area contributed by atoms with Crippen LogP contribution in [0.15, 0.2) is 34.9 Å². The average molecular weight is 174 g/mol. The molecule has 0 radical (unpaired) electrons. The summed E-state index contributed by atoms with van der Waals surface area (Å²) in [5, 5.41) is 0. The minimum absolute atomic E-state index is 0.741. The molecule has 0 spiro atoms. The Morgan fingerprint density at radius 2 is 1.92 bits per heavy atom. The van der Waals surface area contributed by atoms with Gasteiger partial charge in [0.1, 0.15) is 0 Å². The van der Waals surface area contributed by atoms with Crippen LogP contribution in [0, 0.1) is 5.92 Å². The summed E-state index contributed by atoms with van der Waals surface area (Å²) in [5.74, 6) is 0.741. The predicted molar refractivity (Wildman–Crippen MR) is 57.6 cm³/mol. The van der Waals surface area contributed by atoms with E-state index in [1.807, 2.05) is 0 Å². The zero-order valence-corrected chi connectivity index (χ0v) is 8.64. The molecule has 0 heteroatoms. The summed E-state index contributed by atoms with van der Waals surface area (Å²) in [5.41, 5.74) is 4.98. The van der Waals surface area contributed by atoms with Gasteiger partial charge >= 0.3 is 0 Å². The maximum absolute atomic E-state index is 2.44. The molecule has 13 heavy (non-hydrogen) atoms. The van der Waals surface area contributed by atoms with Gasteiger partial charge in [0.2, 0.25) is 0 Å². The van der Waals surface area contributed by atoms with E-state index in [-0.39, 0.29) is 0 Å². The van der Waals surface area contributed by atoms with Crippen LogP contribution in [0.3, 0.4) is 0 Å². The number of allylic oxidation sites excluding steroid dienone is 6. The van der Waals surface area contributed by atoms with E-state index in [0.717, 1.165) is 5.92 Å². The van der Waals surface area contributed by atoms with Gasteiger partial charge in [-0.2, -0.15) is 0 Å². The van der Waals surface area contributed by atoms with Gasteiger partial charge in [0, 0.05) is 0 Å². The molecule has 0 aromatic rings. The van der Waals surface area contributed by atoms with Crippen LogP contribution in [0.4, 0.5) is 0 Å². The number of fused-ring (bicyclic) bond motifs is 1. The summed E-state index contributed by atoms with van der Waals surface area (Å²) in [7, 11) is 0. The second-order valence-electron chi connectivity index (χ2n) is 4.31. The average Bonchev–Trinajstić information content (AvgIpc) is 2.17. The van der Waals surface area contributed by atoms with Gasteiger partial charge in [-0.05, 0) is 42.7 Å². The van der Waals surface area contributed by atoms with Crippen LogP contribution in [0.1, 0.15) is 39.5 Å². The summed E-state index contributed by atoms with van der Waals surface area (Å²) >= 11 is 0. The van der Waals surface area contributed by atoms with Crippen LogP contribution in [0.5, 0.6) is 0 Å². The minimum atomic E-state index is 0.741. The molecule has 0 aromatic carbocycles. The first-order valence-corrected chi connectivity index (χ1v) is 5.35. The molecular weight excluding hydrogens is 156 g/mol. The van der Waals surface area contributed by atoms with Crippen molar-refractivity contribution in [1.29, 1.82) is 0 Å². The lowest BCUT2D eigenvalue weighted by Gasteiger charge is -2.25. The first-order chi connectivity index (χ1) is 6.29. The fourth-order valence-corrected chi connectivity index (χ4v) is 2.40. The van der Waals surface area contributed by atoms with Gasteiger partial charge in [0.15, 0.2) is 0 Å². The van der Waals surface area contributed by atoms with E-state index in [0.29, 0.717) is 0 Å². The highest BCUT2D eigenvalue weighted by Gasteiger charge is 2.17. The molecule has 0 N–H and O–H groups in total. The molecular formula is C13H18. The van der Waals surface area contributed by atoms with Gasteiger partial charge in [-0.25, -0.2) is 0 Å². The van der Waals surface area contributed by atoms with E-state index in [1.165, 1.54) is 25.7 Å². The molecule has 70 valence electrons. The summed E-state index contributed by atoms with van der Waals surface area (Å²) in [4.78, 5) is 0. The zero-order chi connectivity index (χ0) is 9.26. The molecule has 0 heterocycles. The Bertz CT molecular complexity index is 287.